The number of hydrogen-bond donors (Lipinski definition) is 1. The Kier molecular flexibility index (Phi) is 7.75. The molecule has 0 spiro atoms. The Morgan fingerprint density at radius 1 is 0.941 bits per heavy atom. The Balaban J connectivity index is 1.36. The maximum Gasteiger partial charge on any atom is 0.319 e. The topological polar surface area (TPSA) is 102 Å². The number of hydrogen-bond acceptors (Lipinski definition) is 4. The van der Waals surface area contributed by atoms with E-state index in [9.17, 15) is 18.0 Å². The fourth-order valence-electron chi connectivity index (χ4n) is 4.86. The first-order valence-corrected chi connectivity index (χ1v) is 13.8. The standard InChI is InChI=1S/C24H35N5O4S/c1-27-13-4-2-3-10-22(27)26-34(32,33)21-9-7-8-20(18-21)25-23(30)19-11-16-29(17-12-19)24(31)28-14-5-6-15-28/h7-9,18-19H,2-6,10-17H2,1H3,(H,25,30)/b26-22+. The van der Waals surface area contributed by atoms with Gasteiger partial charge < -0.3 is 20.0 Å². The number of piperidine rings is 1. The van der Waals surface area contributed by atoms with Crippen molar-refractivity contribution in [2.75, 3.05) is 45.1 Å². The van der Waals surface area contributed by atoms with Crippen molar-refractivity contribution in [3.8, 4) is 0 Å². The molecule has 0 unspecified atom stereocenters. The maximum absolute atomic E-state index is 12.9. The lowest BCUT2D eigenvalue weighted by molar-refractivity contribution is -0.121. The van der Waals surface area contributed by atoms with E-state index in [1.807, 2.05) is 21.7 Å². The van der Waals surface area contributed by atoms with Gasteiger partial charge in [-0.3, -0.25) is 4.79 Å². The van der Waals surface area contributed by atoms with Gasteiger partial charge in [-0.25, -0.2) is 4.79 Å². The van der Waals surface area contributed by atoms with Crippen molar-refractivity contribution < 1.29 is 18.0 Å². The van der Waals surface area contributed by atoms with Crippen LogP contribution in [-0.2, 0) is 14.8 Å². The van der Waals surface area contributed by atoms with Crippen LogP contribution < -0.4 is 5.32 Å². The molecule has 10 heteroatoms. The van der Waals surface area contributed by atoms with Gasteiger partial charge in [-0.05, 0) is 56.7 Å². The van der Waals surface area contributed by atoms with Crippen LogP contribution in [0.25, 0.3) is 0 Å². The van der Waals surface area contributed by atoms with E-state index in [-0.39, 0.29) is 22.8 Å². The SMILES string of the molecule is CN1CCCCC/C1=N\S(=O)(=O)c1cccc(NC(=O)C2CCN(C(=O)N3CCCC3)CC2)c1. The number of carbonyl (C=O) groups excluding carboxylic acids is 2. The predicted molar refractivity (Wildman–Crippen MR) is 131 cm³/mol. The summed E-state index contributed by atoms with van der Waals surface area (Å²) >= 11 is 0. The minimum absolute atomic E-state index is 0.0708. The molecule has 0 aliphatic carbocycles. The monoisotopic (exact) mass is 489 g/mol. The third kappa shape index (κ3) is 5.89. The molecule has 0 atom stereocenters. The molecule has 3 saturated heterocycles. The van der Waals surface area contributed by atoms with Gasteiger partial charge in [0.2, 0.25) is 5.91 Å². The lowest BCUT2D eigenvalue weighted by atomic mass is 9.96. The lowest BCUT2D eigenvalue weighted by Gasteiger charge is -2.34. The number of carbonyl (C=O) groups is 2. The second kappa shape index (κ2) is 10.8. The summed E-state index contributed by atoms with van der Waals surface area (Å²) in [6.07, 6.45) is 6.99. The molecule has 3 aliphatic rings. The predicted octanol–water partition coefficient (Wildman–Crippen LogP) is 3.15. The quantitative estimate of drug-likeness (QED) is 0.700. The van der Waals surface area contributed by atoms with E-state index in [1.54, 1.807) is 12.1 Å². The Labute approximate surface area is 202 Å². The zero-order chi connectivity index (χ0) is 24.1. The van der Waals surface area contributed by atoms with Gasteiger partial charge in [0, 0.05) is 57.8 Å². The van der Waals surface area contributed by atoms with Gasteiger partial charge in [-0.15, -0.1) is 4.40 Å². The number of nitrogens with zero attached hydrogens (tertiary/aromatic N) is 4. The van der Waals surface area contributed by atoms with E-state index in [0.717, 1.165) is 51.7 Å². The number of urea groups is 1. The fraction of sp³-hybridized carbons (Fsp3) is 0.625. The number of sulfonamides is 1. The molecule has 1 aromatic rings. The summed E-state index contributed by atoms with van der Waals surface area (Å²) in [5.41, 5.74) is 0.441. The van der Waals surface area contributed by atoms with Gasteiger partial charge >= 0.3 is 6.03 Å². The molecule has 34 heavy (non-hydrogen) atoms. The minimum atomic E-state index is -3.87. The molecule has 3 amide bonds. The number of anilines is 1. The summed E-state index contributed by atoms with van der Waals surface area (Å²) in [7, 11) is -2.00. The zero-order valence-electron chi connectivity index (χ0n) is 19.9. The molecule has 4 rings (SSSR count). The van der Waals surface area contributed by atoms with Gasteiger partial charge in [0.25, 0.3) is 10.0 Å². The van der Waals surface area contributed by atoms with Crippen molar-refractivity contribution in [1.29, 1.82) is 0 Å². The normalized spacial score (nSPS) is 21.6. The van der Waals surface area contributed by atoms with Gasteiger partial charge in [-0.1, -0.05) is 12.5 Å². The van der Waals surface area contributed by atoms with E-state index < -0.39 is 10.0 Å². The molecule has 186 valence electrons. The van der Waals surface area contributed by atoms with Gasteiger partial charge in [0.1, 0.15) is 5.84 Å². The molecule has 9 nitrogen and oxygen atoms in total. The molecule has 1 aromatic carbocycles. The first-order valence-electron chi connectivity index (χ1n) is 12.3. The van der Waals surface area contributed by atoms with Gasteiger partial charge in [-0.2, -0.15) is 8.42 Å². The second-order valence-electron chi connectivity index (χ2n) is 9.47. The molecular weight excluding hydrogens is 454 g/mol. The minimum Gasteiger partial charge on any atom is -0.362 e. The molecular formula is C24H35N5O4S. The number of amidine groups is 1. The van der Waals surface area contributed by atoms with Crippen molar-refractivity contribution in [1.82, 2.24) is 14.7 Å². The van der Waals surface area contributed by atoms with Crippen LogP contribution in [0.4, 0.5) is 10.5 Å². The Morgan fingerprint density at radius 2 is 1.62 bits per heavy atom. The van der Waals surface area contributed by atoms with Crippen LogP contribution in [0.5, 0.6) is 0 Å². The molecule has 3 heterocycles. The van der Waals surface area contributed by atoms with Gasteiger partial charge in [0.05, 0.1) is 4.90 Å². The zero-order valence-corrected chi connectivity index (χ0v) is 20.7. The summed E-state index contributed by atoms with van der Waals surface area (Å²) in [6, 6.07) is 6.37. The van der Waals surface area contributed by atoms with Crippen LogP contribution in [-0.4, -0.2) is 80.7 Å². The molecule has 3 aliphatic heterocycles. The number of benzene rings is 1. The Bertz CT molecular complexity index is 1030. The summed E-state index contributed by atoms with van der Waals surface area (Å²) in [4.78, 5) is 31.1. The van der Waals surface area contributed by atoms with Crippen molar-refractivity contribution in [2.24, 2.45) is 10.3 Å². The smallest absolute Gasteiger partial charge is 0.319 e. The van der Waals surface area contributed by atoms with E-state index in [4.69, 9.17) is 0 Å². The first-order chi connectivity index (χ1) is 16.3. The van der Waals surface area contributed by atoms with Crippen LogP contribution in [0.2, 0.25) is 0 Å². The van der Waals surface area contributed by atoms with Crippen molar-refractivity contribution >= 4 is 33.5 Å². The largest absolute Gasteiger partial charge is 0.362 e. The highest BCUT2D eigenvalue weighted by molar-refractivity contribution is 7.90. The third-order valence-electron chi connectivity index (χ3n) is 6.97. The number of amides is 3. The third-order valence-corrected chi connectivity index (χ3v) is 8.27. The molecule has 0 radical (unpaired) electrons. The Hall–Kier alpha value is -2.62. The average Bonchev–Trinajstić information content (AvgIpc) is 3.30. The van der Waals surface area contributed by atoms with Crippen LogP contribution >= 0.6 is 0 Å². The van der Waals surface area contributed by atoms with Gasteiger partial charge in [0.15, 0.2) is 0 Å². The van der Waals surface area contributed by atoms with Crippen molar-refractivity contribution in [2.45, 2.75) is 56.3 Å². The molecule has 3 fully saturated rings. The highest BCUT2D eigenvalue weighted by atomic mass is 32.2. The van der Waals surface area contributed by atoms with Crippen molar-refractivity contribution in [3.63, 3.8) is 0 Å². The lowest BCUT2D eigenvalue weighted by Crippen LogP contribution is -2.47. The number of nitrogens with one attached hydrogen (secondary N) is 1. The van der Waals surface area contributed by atoms with E-state index in [2.05, 4.69) is 9.71 Å². The van der Waals surface area contributed by atoms with E-state index in [0.29, 0.717) is 43.9 Å². The molecule has 0 bridgehead atoms. The molecule has 1 N–H and O–H groups in total. The highest BCUT2D eigenvalue weighted by Crippen LogP contribution is 2.24. The van der Waals surface area contributed by atoms with E-state index >= 15 is 0 Å². The summed E-state index contributed by atoms with van der Waals surface area (Å²) < 4.78 is 30.0. The first kappa shape index (κ1) is 24.5. The van der Waals surface area contributed by atoms with E-state index in [1.165, 1.54) is 12.1 Å². The fourth-order valence-corrected chi connectivity index (χ4v) is 6.00. The molecule has 0 aromatic heterocycles. The van der Waals surface area contributed by atoms with Crippen LogP contribution in [0.15, 0.2) is 33.6 Å². The van der Waals surface area contributed by atoms with Crippen LogP contribution in [0.1, 0.15) is 51.4 Å². The maximum atomic E-state index is 12.9. The second-order valence-corrected chi connectivity index (χ2v) is 11.1. The summed E-state index contributed by atoms with van der Waals surface area (Å²) in [5, 5.41) is 2.87. The Morgan fingerprint density at radius 3 is 2.35 bits per heavy atom. The van der Waals surface area contributed by atoms with Crippen LogP contribution in [0.3, 0.4) is 0 Å². The van der Waals surface area contributed by atoms with Crippen LogP contribution in [0, 0.1) is 5.92 Å². The van der Waals surface area contributed by atoms with Crippen molar-refractivity contribution in [3.05, 3.63) is 24.3 Å². The number of rotatable bonds is 4. The summed E-state index contributed by atoms with van der Waals surface area (Å²) in [5.74, 6) is 0.239. The number of likely N-dealkylation sites (tertiary alicyclic amines) is 3. The average molecular weight is 490 g/mol. The summed E-state index contributed by atoms with van der Waals surface area (Å²) in [6.45, 7) is 3.56. The highest BCUT2D eigenvalue weighted by Gasteiger charge is 2.30. The molecule has 0 saturated carbocycles.